The topological polar surface area (TPSA) is 61.0 Å². The summed E-state index contributed by atoms with van der Waals surface area (Å²) < 4.78 is 68.1. The molecule has 0 aliphatic carbocycles. The van der Waals surface area contributed by atoms with E-state index in [0.717, 1.165) is 37.6 Å². The van der Waals surface area contributed by atoms with Crippen LogP contribution in [0.15, 0.2) is 60.0 Å². The van der Waals surface area contributed by atoms with Gasteiger partial charge < -0.3 is 20.4 Å². The zero-order chi connectivity index (χ0) is 27.6. The van der Waals surface area contributed by atoms with E-state index in [0.29, 0.717) is 18.2 Å². The third-order valence-corrected chi connectivity index (χ3v) is 6.98. The van der Waals surface area contributed by atoms with E-state index in [-0.39, 0.29) is 42.3 Å². The highest BCUT2D eigenvalue weighted by atomic mass is 19.4. The van der Waals surface area contributed by atoms with Gasteiger partial charge in [0.25, 0.3) is 0 Å². The van der Waals surface area contributed by atoms with Crippen LogP contribution >= 0.6 is 0 Å². The molecule has 1 unspecified atom stereocenters. The Kier molecular flexibility index (Phi) is 7.94. The Morgan fingerprint density at radius 3 is 2.47 bits per heavy atom. The van der Waals surface area contributed by atoms with E-state index in [1.165, 1.54) is 18.3 Å². The number of halogens is 5. The van der Waals surface area contributed by atoms with Crippen LogP contribution < -0.4 is 10.6 Å². The molecule has 2 aliphatic heterocycles. The lowest BCUT2D eigenvalue weighted by molar-refractivity contribution is -0.137. The fourth-order valence-electron chi connectivity index (χ4n) is 4.95. The van der Waals surface area contributed by atoms with Crippen molar-refractivity contribution in [3.05, 3.63) is 77.8 Å². The third-order valence-electron chi connectivity index (χ3n) is 6.98. The van der Waals surface area contributed by atoms with Crippen molar-refractivity contribution in [3.63, 3.8) is 0 Å². The minimum atomic E-state index is -4.53. The second kappa shape index (κ2) is 11.0. The van der Waals surface area contributed by atoms with Crippen LogP contribution in [-0.2, 0) is 6.18 Å². The van der Waals surface area contributed by atoms with Crippen LogP contribution in [0.1, 0.15) is 37.8 Å². The van der Waals surface area contributed by atoms with Crippen molar-refractivity contribution >= 4 is 17.4 Å². The number of aromatic nitrogens is 1. The number of benzene rings is 1. The first-order chi connectivity index (χ1) is 18.0. The molecule has 0 spiro atoms. The Bertz CT molecular complexity index is 1240. The molecule has 11 heteroatoms. The van der Waals surface area contributed by atoms with E-state index >= 15 is 0 Å². The summed E-state index contributed by atoms with van der Waals surface area (Å²) in [5.41, 5.74) is 5.96. The van der Waals surface area contributed by atoms with Crippen LogP contribution in [0, 0.1) is 11.6 Å². The van der Waals surface area contributed by atoms with Crippen molar-refractivity contribution in [2.45, 2.75) is 44.9 Å². The van der Waals surface area contributed by atoms with Crippen molar-refractivity contribution < 1.29 is 22.0 Å². The number of anilines is 1. The molecule has 6 nitrogen and oxygen atoms in total. The number of rotatable bonds is 5. The van der Waals surface area contributed by atoms with Gasteiger partial charge in [-0.3, -0.25) is 0 Å². The number of aliphatic imine (C=N–C) groups is 1. The molecule has 3 heterocycles. The Hall–Kier alpha value is -3.63. The van der Waals surface area contributed by atoms with E-state index in [2.05, 4.69) is 23.4 Å². The van der Waals surface area contributed by atoms with Crippen LogP contribution in [0.25, 0.3) is 5.70 Å². The predicted molar refractivity (Wildman–Crippen MR) is 138 cm³/mol. The van der Waals surface area contributed by atoms with Gasteiger partial charge in [0, 0.05) is 61.8 Å². The lowest BCUT2D eigenvalue weighted by Crippen LogP contribution is -2.54. The highest BCUT2D eigenvalue weighted by molar-refractivity contribution is 5.99. The van der Waals surface area contributed by atoms with Crippen LogP contribution in [0.4, 0.5) is 27.8 Å². The molecule has 38 heavy (non-hydrogen) atoms. The van der Waals surface area contributed by atoms with E-state index in [1.54, 1.807) is 11.0 Å². The normalized spacial score (nSPS) is 21.3. The zero-order valence-electron chi connectivity index (χ0n) is 21.3. The molecule has 0 radical (unpaired) electrons. The first kappa shape index (κ1) is 27.4. The van der Waals surface area contributed by atoms with Crippen LogP contribution in [0.2, 0.25) is 0 Å². The number of pyridine rings is 1. The maximum Gasteiger partial charge on any atom is 0.419 e. The van der Waals surface area contributed by atoms with Crippen LogP contribution in [0.3, 0.4) is 0 Å². The Labute approximate surface area is 218 Å². The Balaban J connectivity index is 1.65. The summed E-state index contributed by atoms with van der Waals surface area (Å²) in [5.74, 6) is -1.13. The Morgan fingerprint density at radius 2 is 1.84 bits per heavy atom. The summed E-state index contributed by atoms with van der Waals surface area (Å²) >= 11 is 0. The summed E-state index contributed by atoms with van der Waals surface area (Å²) in [5, 5.41) is 0. The van der Waals surface area contributed by atoms with Crippen molar-refractivity contribution in [2.75, 3.05) is 31.1 Å². The first-order valence-corrected chi connectivity index (χ1v) is 12.5. The monoisotopic (exact) mass is 534 g/mol. The highest BCUT2D eigenvalue weighted by Crippen LogP contribution is 2.36. The number of piperazine rings is 1. The SMILES string of the molecule is C=C(N=C(/C=C(\N)c1ccc(F)c(F)c1)N1CCN(c2ncccc2C(F)(F)F)C[C@H]1C)N1CCCC1C. The molecule has 2 atom stereocenters. The second-order valence-electron chi connectivity index (χ2n) is 9.66. The molecule has 4 rings (SSSR count). The summed E-state index contributed by atoms with van der Waals surface area (Å²) in [7, 11) is 0. The zero-order valence-corrected chi connectivity index (χ0v) is 21.3. The highest BCUT2D eigenvalue weighted by Gasteiger charge is 2.37. The van der Waals surface area contributed by atoms with Crippen molar-refractivity contribution in [1.29, 1.82) is 0 Å². The average molecular weight is 535 g/mol. The first-order valence-electron chi connectivity index (χ1n) is 12.5. The molecule has 2 fully saturated rings. The summed E-state index contributed by atoms with van der Waals surface area (Å²) in [6, 6.07) is 5.67. The number of hydrogen-bond acceptors (Lipinski definition) is 5. The maximum absolute atomic E-state index is 13.9. The van der Waals surface area contributed by atoms with Gasteiger partial charge in [-0.05, 0) is 57.0 Å². The molecule has 2 aromatic rings. The molecule has 1 aromatic carbocycles. The molecular formula is C27H31F5N6. The van der Waals surface area contributed by atoms with E-state index in [1.807, 2.05) is 11.8 Å². The minimum absolute atomic E-state index is 0.114. The maximum atomic E-state index is 13.9. The summed E-state index contributed by atoms with van der Waals surface area (Å²) in [6.45, 7) is 9.76. The van der Waals surface area contributed by atoms with Gasteiger partial charge in [0.05, 0.1) is 5.56 Å². The molecule has 0 bridgehead atoms. The van der Waals surface area contributed by atoms with Gasteiger partial charge >= 0.3 is 6.18 Å². The van der Waals surface area contributed by atoms with Gasteiger partial charge in [-0.1, -0.05) is 6.58 Å². The fourth-order valence-corrected chi connectivity index (χ4v) is 4.95. The van der Waals surface area contributed by atoms with Gasteiger partial charge in [-0.2, -0.15) is 13.2 Å². The lowest BCUT2D eigenvalue weighted by atomic mass is 10.1. The molecule has 0 saturated carbocycles. The number of amidine groups is 1. The van der Waals surface area contributed by atoms with Crippen molar-refractivity contribution in [2.24, 2.45) is 10.7 Å². The number of nitrogens with two attached hydrogens (primary N) is 1. The van der Waals surface area contributed by atoms with Gasteiger partial charge in [-0.15, -0.1) is 0 Å². The molecule has 2 aliphatic rings. The predicted octanol–water partition coefficient (Wildman–Crippen LogP) is 5.24. The molecule has 0 amide bonds. The average Bonchev–Trinajstić information content (AvgIpc) is 3.30. The minimum Gasteiger partial charge on any atom is -0.398 e. The van der Waals surface area contributed by atoms with Crippen molar-refractivity contribution in [3.8, 4) is 0 Å². The van der Waals surface area contributed by atoms with Gasteiger partial charge in [-0.25, -0.2) is 18.8 Å². The standard InChI is InChI=1S/C27H31F5N6/c1-17-6-5-11-37(17)19(3)35-25(15-24(33)20-8-9-22(28)23(29)14-20)38-13-12-36(16-18(38)2)26-21(27(30,31)32)7-4-10-34-26/h4,7-10,14-15,17-18H,3,5-6,11-13,16,33H2,1-2H3/b24-15-,35-25?/t17?,18-/m1/s1. The van der Waals surface area contributed by atoms with Gasteiger partial charge in [0.15, 0.2) is 11.6 Å². The quantitative estimate of drug-likeness (QED) is 0.323. The summed E-state index contributed by atoms with van der Waals surface area (Å²) in [4.78, 5) is 14.4. The molecule has 2 N–H and O–H groups in total. The number of hydrogen-bond donors (Lipinski definition) is 1. The number of likely N-dealkylation sites (tertiary alicyclic amines) is 1. The molecule has 204 valence electrons. The summed E-state index contributed by atoms with van der Waals surface area (Å²) in [6.07, 6.45) is 0.423. The number of alkyl halides is 3. The van der Waals surface area contributed by atoms with Crippen LogP contribution in [-0.4, -0.2) is 58.9 Å². The molecule has 2 saturated heterocycles. The van der Waals surface area contributed by atoms with Gasteiger partial charge in [0.1, 0.15) is 17.5 Å². The lowest BCUT2D eigenvalue weighted by Gasteiger charge is -2.42. The van der Waals surface area contributed by atoms with E-state index in [4.69, 9.17) is 10.7 Å². The van der Waals surface area contributed by atoms with Gasteiger partial charge in [0.2, 0.25) is 0 Å². The molecular weight excluding hydrogens is 503 g/mol. The largest absolute Gasteiger partial charge is 0.419 e. The van der Waals surface area contributed by atoms with E-state index in [9.17, 15) is 22.0 Å². The number of nitrogens with zero attached hydrogens (tertiary/aromatic N) is 5. The third kappa shape index (κ3) is 5.92. The Morgan fingerprint density at radius 1 is 1.08 bits per heavy atom. The smallest absolute Gasteiger partial charge is 0.398 e. The fraction of sp³-hybridized carbons (Fsp3) is 0.407. The molecule has 1 aromatic heterocycles. The van der Waals surface area contributed by atoms with E-state index < -0.39 is 23.4 Å². The second-order valence-corrected chi connectivity index (χ2v) is 9.66. The van der Waals surface area contributed by atoms with Crippen molar-refractivity contribution in [1.82, 2.24) is 14.8 Å². The van der Waals surface area contributed by atoms with Crippen LogP contribution in [0.5, 0.6) is 0 Å².